The SMILES string of the molecule is C=C1NC2=C(S1)[C@@H](c1ccccc1)[C@@H]1[C@@H]3C[C@H]([C@@H]1S2)[C@@H]1C(=O)N(c2ccc(N)cc2)C(=O)[C@H]31. The average Bonchev–Trinajstić information content (AvgIpc) is 3.54. The number of hydrogen-bond acceptors (Lipinski definition) is 6. The number of nitrogens with zero attached hydrogens (tertiary/aromatic N) is 1. The Morgan fingerprint density at radius 1 is 0.970 bits per heavy atom. The number of fused-ring (bicyclic) bond motifs is 8. The van der Waals surface area contributed by atoms with Crippen molar-refractivity contribution < 1.29 is 9.59 Å². The van der Waals surface area contributed by atoms with Gasteiger partial charge in [0.05, 0.1) is 27.6 Å². The average molecular weight is 474 g/mol. The highest BCUT2D eigenvalue weighted by molar-refractivity contribution is 8.10. The number of carbonyl (C=O) groups is 2. The van der Waals surface area contributed by atoms with Gasteiger partial charge in [-0.05, 0) is 54.0 Å². The molecule has 0 radical (unpaired) electrons. The third-order valence-corrected chi connectivity index (χ3v) is 10.8. The van der Waals surface area contributed by atoms with Crippen molar-refractivity contribution in [3.05, 3.63) is 81.7 Å². The molecular weight excluding hydrogens is 450 g/mol. The van der Waals surface area contributed by atoms with Crippen molar-refractivity contribution in [3.8, 4) is 0 Å². The van der Waals surface area contributed by atoms with E-state index in [1.54, 1.807) is 36.0 Å². The van der Waals surface area contributed by atoms with E-state index in [4.69, 9.17) is 5.73 Å². The van der Waals surface area contributed by atoms with E-state index < -0.39 is 0 Å². The van der Waals surface area contributed by atoms with Crippen molar-refractivity contribution in [3.63, 3.8) is 0 Å². The van der Waals surface area contributed by atoms with Crippen LogP contribution in [0.2, 0.25) is 0 Å². The molecule has 3 N–H and O–H groups in total. The number of imide groups is 1. The first kappa shape index (κ1) is 19.8. The van der Waals surface area contributed by atoms with Gasteiger partial charge in [-0.2, -0.15) is 0 Å². The maximum Gasteiger partial charge on any atom is 0.238 e. The molecule has 0 unspecified atom stereocenters. The molecule has 2 aliphatic carbocycles. The van der Waals surface area contributed by atoms with E-state index in [-0.39, 0.29) is 41.4 Å². The number of carbonyl (C=O) groups excluding carboxylic acids is 2. The highest BCUT2D eigenvalue weighted by Gasteiger charge is 2.69. The molecule has 166 valence electrons. The fourth-order valence-corrected chi connectivity index (χ4v) is 9.98. The number of thioether (sulfide) groups is 2. The van der Waals surface area contributed by atoms with Gasteiger partial charge in [0.25, 0.3) is 0 Å². The quantitative estimate of drug-likeness (QED) is 0.494. The van der Waals surface area contributed by atoms with Crippen LogP contribution in [0.1, 0.15) is 17.9 Å². The molecule has 5 nitrogen and oxygen atoms in total. The summed E-state index contributed by atoms with van der Waals surface area (Å²) in [6.45, 7) is 4.16. The number of allylic oxidation sites excluding steroid dienone is 1. The molecule has 2 aromatic carbocycles. The molecule has 3 fully saturated rings. The minimum absolute atomic E-state index is 0.0288. The van der Waals surface area contributed by atoms with E-state index in [1.807, 2.05) is 17.8 Å². The molecular formula is C26H23N3O2S2. The number of nitrogens with one attached hydrogen (secondary N) is 1. The number of benzene rings is 2. The molecule has 2 aromatic rings. The summed E-state index contributed by atoms with van der Waals surface area (Å²) < 4.78 is 0. The van der Waals surface area contributed by atoms with Crippen LogP contribution in [-0.4, -0.2) is 17.1 Å². The van der Waals surface area contributed by atoms with Crippen molar-refractivity contribution in [2.45, 2.75) is 17.6 Å². The van der Waals surface area contributed by atoms with Crippen LogP contribution in [0.3, 0.4) is 0 Å². The Labute approximate surface area is 200 Å². The molecule has 3 aliphatic heterocycles. The Balaban J connectivity index is 1.30. The maximum absolute atomic E-state index is 13.7. The van der Waals surface area contributed by atoms with Gasteiger partial charge in [-0.25, -0.2) is 0 Å². The fraction of sp³-hybridized carbons (Fsp3) is 0.308. The summed E-state index contributed by atoms with van der Waals surface area (Å²) in [5.74, 6) is 0.490. The van der Waals surface area contributed by atoms with E-state index >= 15 is 0 Å². The Kier molecular flexibility index (Phi) is 4.16. The number of nitrogens with two attached hydrogens (primary N) is 1. The van der Waals surface area contributed by atoms with Crippen molar-refractivity contribution in [1.82, 2.24) is 5.32 Å². The minimum Gasteiger partial charge on any atom is -0.399 e. The smallest absolute Gasteiger partial charge is 0.238 e. The van der Waals surface area contributed by atoms with Gasteiger partial charge >= 0.3 is 0 Å². The van der Waals surface area contributed by atoms with E-state index in [0.717, 1.165) is 11.4 Å². The zero-order valence-electron chi connectivity index (χ0n) is 17.8. The Bertz CT molecular complexity index is 1240. The second kappa shape index (κ2) is 6.93. The molecule has 0 spiro atoms. The first-order valence-corrected chi connectivity index (χ1v) is 13.1. The molecule has 2 amide bonds. The van der Waals surface area contributed by atoms with Crippen LogP contribution < -0.4 is 16.0 Å². The normalized spacial score (nSPS) is 36.2. The van der Waals surface area contributed by atoms with Crippen molar-refractivity contribution in [1.29, 1.82) is 0 Å². The monoisotopic (exact) mass is 473 g/mol. The molecule has 7 rings (SSSR count). The van der Waals surface area contributed by atoms with E-state index in [2.05, 4.69) is 36.2 Å². The van der Waals surface area contributed by atoms with Crippen LogP contribution in [0.5, 0.6) is 0 Å². The topological polar surface area (TPSA) is 75.4 Å². The Morgan fingerprint density at radius 3 is 2.39 bits per heavy atom. The van der Waals surface area contributed by atoms with Crippen LogP contribution >= 0.6 is 23.5 Å². The molecule has 7 heteroatoms. The first-order chi connectivity index (χ1) is 16.0. The number of nitrogen functional groups attached to an aromatic ring is 1. The molecule has 0 aromatic heterocycles. The predicted molar refractivity (Wildman–Crippen MR) is 133 cm³/mol. The van der Waals surface area contributed by atoms with Gasteiger partial charge in [0, 0.05) is 21.8 Å². The highest BCUT2D eigenvalue weighted by Crippen LogP contribution is 2.70. The predicted octanol–water partition coefficient (Wildman–Crippen LogP) is 4.52. The van der Waals surface area contributed by atoms with Gasteiger partial charge in [-0.3, -0.25) is 14.5 Å². The summed E-state index contributed by atoms with van der Waals surface area (Å²) in [7, 11) is 0. The van der Waals surface area contributed by atoms with E-state index in [0.29, 0.717) is 22.5 Å². The second-order valence-electron chi connectivity index (χ2n) is 9.61. The maximum atomic E-state index is 13.7. The molecule has 3 heterocycles. The molecule has 1 saturated heterocycles. The third kappa shape index (κ3) is 2.63. The lowest BCUT2D eigenvalue weighted by Crippen LogP contribution is -2.43. The zero-order chi connectivity index (χ0) is 22.4. The lowest BCUT2D eigenvalue weighted by atomic mass is 9.68. The van der Waals surface area contributed by atoms with Crippen LogP contribution in [0, 0.1) is 29.6 Å². The summed E-state index contributed by atoms with van der Waals surface area (Å²) in [5.41, 5.74) is 8.39. The number of anilines is 2. The zero-order valence-corrected chi connectivity index (χ0v) is 19.4. The van der Waals surface area contributed by atoms with Gasteiger partial charge in [0.1, 0.15) is 0 Å². The molecule has 5 aliphatic rings. The van der Waals surface area contributed by atoms with E-state index in [9.17, 15) is 9.59 Å². The largest absolute Gasteiger partial charge is 0.399 e. The molecule has 7 atom stereocenters. The molecule has 2 bridgehead atoms. The van der Waals surface area contributed by atoms with Crippen LogP contribution in [0.25, 0.3) is 0 Å². The number of rotatable bonds is 2. The minimum atomic E-state index is -0.224. The summed E-state index contributed by atoms with van der Waals surface area (Å²) in [5, 5.41) is 5.96. The van der Waals surface area contributed by atoms with Gasteiger partial charge in [0.2, 0.25) is 11.8 Å². The summed E-state index contributed by atoms with van der Waals surface area (Å²) >= 11 is 3.61. The molecule has 2 saturated carbocycles. The third-order valence-electron chi connectivity index (χ3n) is 8.10. The summed E-state index contributed by atoms with van der Waals surface area (Å²) in [6, 6.07) is 17.7. The lowest BCUT2D eigenvalue weighted by molar-refractivity contribution is -0.123. The van der Waals surface area contributed by atoms with Crippen molar-refractivity contribution in [2.75, 3.05) is 10.6 Å². The van der Waals surface area contributed by atoms with Crippen LogP contribution in [0.15, 0.2) is 76.1 Å². The highest BCUT2D eigenvalue weighted by atomic mass is 32.2. The standard InChI is InChI=1S/C26H23N3O2S2/c1-12-28-24-23(32-12)18(13-5-3-2-4-6-13)19-16-11-17(22(19)33-24)21-20(16)25(30)29(26(21)31)15-9-7-14(27)8-10-15/h2-10,16-22,28H,1,11,27H2/t16-,17-,18-,19-,20+,21-,22-/m0/s1. The Morgan fingerprint density at radius 2 is 1.67 bits per heavy atom. The van der Waals surface area contributed by atoms with Crippen molar-refractivity contribution in [2.24, 2.45) is 29.6 Å². The summed E-state index contributed by atoms with van der Waals surface area (Å²) in [6.07, 6.45) is 0.959. The van der Waals surface area contributed by atoms with Gasteiger partial charge < -0.3 is 11.1 Å². The first-order valence-electron chi connectivity index (χ1n) is 11.4. The second-order valence-corrected chi connectivity index (χ2v) is 11.9. The fourth-order valence-electron chi connectivity index (χ4n) is 7.00. The number of hydrogen-bond donors (Lipinski definition) is 2. The van der Waals surface area contributed by atoms with Gasteiger partial charge in [0.15, 0.2) is 0 Å². The van der Waals surface area contributed by atoms with Crippen molar-refractivity contribution >= 4 is 46.7 Å². The van der Waals surface area contributed by atoms with E-state index in [1.165, 1.54) is 20.4 Å². The lowest BCUT2D eigenvalue weighted by Gasteiger charge is -2.43. The van der Waals surface area contributed by atoms with Gasteiger partial charge in [-0.1, -0.05) is 48.7 Å². The Hall–Kier alpha value is -2.64. The van der Waals surface area contributed by atoms with Crippen LogP contribution in [0.4, 0.5) is 11.4 Å². The van der Waals surface area contributed by atoms with Crippen LogP contribution in [-0.2, 0) is 9.59 Å². The summed E-state index contributed by atoms with van der Waals surface area (Å²) in [4.78, 5) is 30.1. The number of amides is 2. The molecule has 33 heavy (non-hydrogen) atoms. The van der Waals surface area contributed by atoms with Gasteiger partial charge in [-0.15, -0.1) is 11.8 Å².